The molecule has 1 amide bonds. The summed E-state index contributed by atoms with van der Waals surface area (Å²) in [4.78, 5) is 22.4. The Labute approximate surface area is 118 Å². The smallest absolute Gasteiger partial charge is 0.308 e. The minimum atomic E-state index is -0.885. The number of nitrogens with one attached hydrogen (secondary N) is 1. The van der Waals surface area contributed by atoms with Crippen LogP contribution in [-0.4, -0.2) is 30.1 Å². The van der Waals surface area contributed by atoms with Gasteiger partial charge in [-0.2, -0.15) is 0 Å². The molecular formula is C15H21NO4. The van der Waals surface area contributed by atoms with Crippen molar-refractivity contribution in [3.63, 3.8) is 0 Å². The number of hydrogen-bond acceptors (Lipinski definition) is 3. The van der Waals surface area contributed by atoms with E-state index in [1.165, 1.54) is 0 Å². The van der Waals surface area contributed by atoms with Gasteiger partial charge in [0.25, 0.3) is 0 Å². The maximum absolute atomic E-state index is 11.6. The van der Waals surface area contributed by atoms with Crippen molar-refractivity contribution in [3.8, 4) is 5.75 Å². The van der Waals surface area contributed by atoms with E-state index in [9.17, 15) is 9.59 Å². The number of carboxylic acids is 1. The number of rotatable bonds is 8. The molecule has 0 saturated heterocycles. The molecule has 0 spiro atoms. The highest BCUT2D eigenvalue weighted by Gasteiger charge is 2.15. The molecule has 5 nitrogen and oxygen atoms in total. The van der Waals surface area contributed by atoms with Crippen molar-refractivity contribution >= 4 is 11.9 Å². The number of aryl methyl sites for hydroxylation is 1. The van der Waals surface area contributed by atoms with Gasteiger partial charge in [-0.1, -0.05) is 25.1 Å². The van der Waals surface area contributed by atoms with E-state index < -0.39 is 11.9 Å². The van der Waals surface area contributed by atoms with Crippen molar-refractivity contribution in [3.05, 3.63) is 29.8 Å². The normalized spacial score (nSPS) is 11.7. The van der Waals surface area contributed by atoms with Crippen LogP contribution in [0.5, 0.6) is 5.75 Å². The Kier molecular flexibility index (Phi) is 6.56. The quantitative estimate of drug-likeness (QED) is 0.763. The van der Waals surface area contributed by atoms with Crippen LogP contribution >= 0.6 is 0 Å². The Hall–Kier alpha value is -2.04. The van der Waals surface area contributed by atoms with Gasteiger partial charge in [0.15, 0.2) is 0 Å². The molecule has 0 aliphatic carbocycles. The SMILES string of the molecule is CCC(CNC(=O)CCOc1ccccc1C)C(=O)O. The maximum Gasteiger partial charge on any atom is 0.308 e. The third kappa shape index (κ3) is 5.30. The number of hydrogen-bond donors (Lipinski definition) is 2. The molecule has 0 aromatic heterocycles. The zero-order chi connectivity index (χ0) is 15.0. The molecule has 0 aliphatic heterocycles. The van der Waals surface area contributed by atoms with Crippen molar-refractivity contribution in [2.45, 2.75) is 26.7 Å². The van der Waals surface area contributed by atoms with Crippen molar-refractivity contribution in [2.24, 2.45) is 5.92 Å². The van der Waals surface area contributed by atoms with Crippen LogP contribution in [0.2, 0.25) is 0 Å². The molecule has 110 valence electrons. The molecular weight excluding hydrogens is 258 g/mol. The first-order valence-corrected chi connectivity index (χ1v) is 6.72. The molecule has 1 atom stereocenters. The van der Waals surface area contributed by atoms with Crippen molar-refractivity contribution in [1.29, 1.82) is 0 Å². The summed E-state index contributed by atoms with van der Waals surface area (Å²) in [7, 11) is 0. The lowest BCUT2D eigenvalue weighted by molar-refractivity contribution is -0.141. The van der Waals surface area contributed by atoms with Crippen molar-refractivity contribution < 1.29 is 19.4 Å². The standard InChI is InChI=1S/C15H21NO4/c1-3-12(15(18)19)10-16-14(17)8-9-20-13-7-5-4-6-11(13)2/h4-7,12H,3,8-10H2,1-2H3,(H,16,17)(H,18,19). The molecule has 1 rings (SSSR count). The number of aliphatic carboxylic acids is 1. The second kappa shape index (κ2) is 8.19. The first-order valence-electron chi connectivity index (χ1n) is 6.72. The largest absolute Gasteiger partial charge is 0.493 e. The molecule has 1 unspecified atom stereocenters. The average Bonchev–Trinajstić information content (AvgIpc) is 2.41. The first-order chi connectivity index (χ1) is 9.54. The van der Waals surface area contributed by atoms with Crippen LogP contribution in [0.15, 0.2) is 24.3 Å². The predicted molar refractivity (Wildman–Crippen MR) is 75.7 cm³/mol. The molecule has 0 aliphatic rings. The lowest BCUT2D eigenvalue weighted by Gasteiger charge is -2.12. The summed E-state index contributed by atoms with van der Waals surface area (Å²) < 4.78 is 5.51. The molecule has 1 aromatic rings. The van der Waals surface area contributed by atoms with Gasteiger partial charge in [0, 0.05) is 6.54 Å². The second-order valence-electron chi connectivity index (χ2n) is 4.61. The average molecular weight is 279 g/mol. The van der Waals surface area contributed by atoms with E-state index in [0.717, 1.165) is 11.3 Å². The number of benzene rings is 1. The van der Waals surface area contributed by atoms with Gasteiger partial charge in [-0.3, -0.25) is 9.59 Å². The number of ether oxygens (including phenoxy) is 1. The molecule has 5 heteroatoms. The van der Waals surface area contributed by atoms with E-state index in [0.29, 0.717) is 6.42 Å². The van der Waals surface area contributed by atoms with Crippen LogP contribution in [-0.2, 0) is 9.59 Å². The first kappa shape index (κ1) is 16.0. The van der Waals surface area contributed by atoms with E-state index in [2.05, 4.69) is 5.32 Å². The number of carbonyl (C=O) groups is 2. The third-order valence-electron chi connectivity index (χ3n) is 3.07. The zero-order valence-corrected chi connectivity index (χ0v) is 11.9. The summed E-state index contributed by atoms with van der Waals surface area (Å²) >= 11 is 0. The Morgan fingerprint density at radius 2 is 2.05 bits per heavy atom. The number of para-hydroxylation sites is 1. The molecule has 0 heterocycles. The topological polar surface area (TPSA) is 75.6 Å². The second-order valence-corrected chi connectivity index (χ2v) is 4.61. The summed E-state index contributed by atoms with van der Waals surface area (Å²) in [6.45, 7) is 4.16. The summed E-state index contributed by atoms with van der Waals surface area (Å²) in [6.07, 6.45) is 0.708. The molecule has 0 fully saturated rings. The number of carboxylic acid groups (broad SMARTS) is 1. The minimum absolute atomic E-state index is 0.162. The summed E-state index contributed by atoms with van der Waals surface area (Å²) in [5, 5.41) is 11.5. The molecule has 2 N–H and O–H groups in total. The number of carbonyl (C=O) groups excluding carboxylic acids is 1. The van der Waals surface area contributed by atoms with Gasteiger partial charge in [-0.25, -0.2) is 0 Å². The third-order valence-corrected chi connectivity index (χ3v) is 3.07. The molecule has 1 aromatic carbocycles. The van der Waals surface area contributed by atoms with Gasteiger partial charge >= 0.3 is 5.97 Å². The van der Waals surface area contributed by atoms with E-state index in [1.54, 1.807) is 6.92 Å². The van der Waals surface area contributed by atoms with Crippen LogP contribution in [0.3, 0.4) is 0 Å². The lowest BCUT2D eigenvalue weighted by Crippen LogP contribution is -2.33. The van der Waals surface area contributed by atoms with Gasteiger partial charge in [0.2, 0.25) is 5.91 Å². The van der Waals surface area contributed by atoms with Crippen molar-refractivity contribution in [2.75, 3.05) is 13.2 Å². The Morgan fingerprint density at radius 3 is 2.65 bits per heavy atom. The van der Waals surface area contributed by atoms with Crippen LogP contribution in [0.4, 0.5) is 0 Å². The highest BCUT2D eigenvalue weighted by molar-refractivity contribution is 5.77. The molecule has 0 bridgehead atoms. The molecule has 0 saturated carbocycles. The van der Waals surface area contributed by atoms with E-state index in [-0.39, 0.29) is 25.5 Å². The predicted octanol–water partition coefficient (Wildman–Crippen LogP) is 1.99. The van der Waals surface area contributed by atoms with Gasteiger partial charge < -0.3 is 15.2 Å². The fourth-order valence-electron chi connectivity index (χ4n) is 1.70. The Balaban J connectivity index is 2.27. The van der Waals surface area contributed by atoms with Gasteiger partial charge in [0.1, 0.15) is 5.75 Å². The highest BCUT2D eigenvalue weighted by atomic mass is 16.5. The van der Waals surface area contributed by atoms with Gasteiger partial charge in [0.05, 0.1) is 18.9 Å². The minimum Gasteiger partial charge on any atom is -0.493 e. The molecule has 0 radical (unpaired) electrons. The van der Waals surface area contributed by atoms with Crippen LogP contribution in [0.1, 0.15) is 25.3 Å². The van der Waals surface area contributed by atoms with Crippen LogP contribution < -0.4 is 10.1 Å². The monoisotopic (exact) mass is 279 g/mol. The fraction of sp³-hybridized carbons (Fsp3) is 0.467. The number of amides is 1. The summed E-state index contributed by atoms with van der Waals surface area (Å²) in [6, 6.07) is 7.59. The fourth-order valence-corrected chi connectivity index (χ4v) is 1.70. The Morgan fingerprint density at radius 1 is 1.35 bits per heavy atom. The highest BCUT2D eigenvalue weighted by Crippen LogP contribution is 2.16. The summed E-state index contributed by atoms with van der Waals surface area (Å²) in [5.41, 5.74) is 1.02. The Bertz CT molecular complexity index is 459. The van der Waals surface area contributed by atoms with Gasteiger partial charge in [-0.15, -0.1) is 0 Å². The van der Waals surface area contributed by atoms with E-state index in [4.69, 9.17) is 9.84 Å². The zero-order valence-electron chi connectivity index (χ0n) is 11.9. The lowest BCUT2D eigenvalue weighted by atomic mass is 10.1. The summed E-state index contributed by atoms with van der Waals surface area (Å²) in [5.74, 6) is -0.851. The molecule has 20 heavy (non-hydrogen) atoms. The van der Waals surface area contributed by atoms with Crippen molar-refractivity contribution in [1.82, 2.24) is 5.32 Å². The van der Waals surface area contributed by atoms with Gasteiger partial charge in [-0.05, 0) is 25.0 Å². The van der Waals surface area contributed by atoms with E-state index >= 15 is 0 Å². The van der Waals surface area contributed by atoms with Crippen LogP contribution in [0.25, 0.3) is 0 Å². The van der Waals surface area contributed by atoms with Crippen LogP contribution in [0, 0.1) is 12.8 Å². The maximum atomic E-state index is 11.6. The van der Waals surface area contributed by atoms with E-state index in [1.807, 2.05) is 31.2 Å².